The number of nitrogens with one attached hydrogen (secondary N) is 1. The van der Waals surface area contributed by atoms with E-state index in [0.29, 0.717) is 0 Å². The molecule has 0 unspecified atom stereocenters. The summed E-state index contributed by atoms with van der Waals surface area (Å²) >= 11 is 0. The van der Waals surface area contributed by atoms with Crippen molar-refractivity contribution >= 4 is 15.9 Å². The van der Waals surface area contributed by atoms with Gasteiger partial charge in [0.25, 0.3) is 15.9 Å². The first kappa shape index (κ1) is 11.4. The predicted octanol–water partition coefficient (Wildman–Crippen LogP) is 0.817. The molecule has 6 heteroatoms. The molecule has 1 rings (SSSR count). The predicted molar refractivity (Wildman–Crippen MR) is 51.9 cm³/mol. The Hall–Kier alpha value is -1.69. The van der Waals surface area contributed by atoms with Crippen molar-refractivity contribution in [3.63, 3.8) is 0 Å². The molecule has 0 fully saturated rings. The Morgan fingerprint density at radius 2 is 1.87 bits per heavy atom. The van der Waals surface area contributed by atoms with Crippen molar-refractivity contribution in [1.29, 1.82) is 0 Å². The summed E-state index contributed by atoms with van der Waals surface area (Å²) in [5, 5.41) is 0. The van der Waals surface area contributed by atoms with E-state index in [2.05, 4.69) is 6.58 Å². The quantitative estimate of drug-likeness (QED) is 0.780. The Morgan fingerprint density at radius 3 is 2.33 bits per heavy atom. The minimum absolute atomic E-state index is 0.181. The van der Waals surface area contributed by atoms with E-state index in [1.807, 2.05) is 0 Å². The number of rotatable bonds is 3. The van der Waals surface area contributed by atoms with Gasteiger partial charge in [-0.3, -0.25) is 4.79 Å². The lowest BCUT2D eigenvalue weighted by molar-refractivity contribution is -0.114. The summed E-state index contributed by atoms with van der Waals surface area (Å²) in [4.78, 5) is 10.6. The van der Waals surface area contributed by atoms with E-state index in [1.54, 1.807) is 4.72 Å². The van der Waals surface area contributed by atoms with Crippen LogP contribution in [0.4, 0.5) is 4.39 Å². The maximum Gasteiger partial charge on any atom is 0.264 e. The number of hydrogen-bond acceptors (Lipinski definition) is 3. The monoisotopic (exact) mass is 229 g/mol. The van der Waals surface area contributed by atoms with Gasteiger partial charge in [0.2, 0.25) is 0 Å². The molecule has 0 atom stereocenters. The first-order valence-electron chi connectivity index (χ1n) is 3.90. The molecule has 1 N–H and O–H groups in total. The molecule has 1 aromatic rings. The van der Waals surface area contributed by atoms with Crippen molar-refractivity contribution in [2.45, 2.75) is 4.90 Å². The lowest BCUT2D eigenvalue weighted by atomic mass is 10.4. The minimum atomic E-state index is -3.93. The third-order valence-electron chi connectivity index (χ3n) is 1.54. The van der Waals surface area contributed by atoms with Crippen LogP contribution in [0.1, 0.15) is 0 Å². The van der Waals surface area contributed by atoms with Gasteiger partial charge in [0, 0.05) is 0 Å². The van der Waals surface area contributed by atoms with E-state index < -0.39 is 21.7 Å². The van der Waals surface area contributed by atoms with Gasteiger partial charge < -0.3 is 0 Å². The average molecular weight is 229 g/mol. The molecule has 0 aromatic heterocycles. The van der Waals surface area contributed by atoms with Crippen molar-refractivity contribution in [3.05, 3.63) is 42.7 Å². The van der Waals surface area contributed by atoms with Crippen molar-refractivity contribution in [2.75, 3.05) is 0 Å². The number of carbonyl (C=O) groups is 1. The number of carbonyl (C=O) groups excluding carboxylic acids is 1. The van der Waals surface area contributed by atoms with Crippen molar-refractivity contribution in [3.8, 4) is 0 Å². The zero-order valence-electron chi connectivity index (χ0n) is 7.60. The molecular weight excluding hydrogens is 221 g/mol. The zero-order valence-corrected chi connectivity index (χ0v) is 8.42. The highest BCUT2D eigenvalue weighted by Gasteiger charge is 2.15. The van der Waals surface area contributed by atoms with Crippen LogP contribution in [0.2, 0.25) is 0 Å². The Bertz CT molecular complexity index is 479. The molecule has 0 heterocycles. The average Bonchev–Trinajstić information content (AvgIpc) is 2.17. The highest BCUT2D eigenvalue weighted by atomic mass is 32.2. The van der Waals surface area contributed by atoms with E-state index in [1.165, 1.54) is 0 Å². The van der Waals surface area contributed by atoms with Gasteiger partial charge in [-0.25, -0.2) is 17.5 Å². The standard InChI is InChI=1S/C9H8FNO3S/c1-2-9(12)11-15(13,14)8-5-3-7(10)4-6-8/h2-6H,1H2,(H,11,12). The van der Waals surface area contributed by atoms with Crippen LogP contribution >= 0.6 is 0 Å². The summed E-state index contributed by atoms with van der Waals surface area (Å²) in [5.41, 5.74) is 0. The number of amides is 1. The van der Waals surface area contributed by atoms with Crippen LogP contribution in [0.3, 0.4) is 0 Å². The van der Waals surface area contributed by atoms with E-state index >= 15 is 0 Å². The Labute approximate surface area is 86.5 Å². The largest absolute Gasteiger partial charge is 0.269 e. The Balaban J connectivity index is 3.01. The van der Waals surface area contributed by atoms with Crippen molar-refractivity contribution in [2.24, 2.45) is 0 Å². The molecular formula is C9H8FNO3S. The van der Waals surface area contributed by atoms with Crippen LogP contribution < -0.4 is 4.72 Å². The van der Waals surface area contributed by atoms with Gasteiger partial charge in [0.1, 0.15) is 5.82 Å². The number of halogens is 1. The molecule has 0 aliphatic carbocycles. The second-order valence-corrected chi connectivity index (χ2v) is 4.31. The highest BCUT2D eigenvalue weighted by Crippen LogP contribution is 2.09. The third-order valence-corrected chi connectivity index (χ3v) is 2.91. The summed E-state index contributed by atoms with van der Waals surface area (Å²) in [5.74, 6) is -1.39. The first-order valence-corrected chi connectivity index (χ1v) is 5.39. The zero-order chi connectivity index (χ0) is 11.5. The minimum Gasteiger partial charge on any atom is -0.269 e. The van der Waals surface area contributed by atoms with Gasteiger partial charge in [0.15, 0.2) is 0 Å². The molecule has 0 saturated carbocycles. The van der Waals surface area contributed by atoms with Gasteiger partial charge in [-0.05, 0) is 30.3 Å². The fourth-order valence-corrected chi connectivity index (χ4v) is 1.81. The molecule has 0 aliphatic rings. The third kappa shape index (κ3) is 2.88. The van der Waals surface area contributed by atoms with Gasteiger partial charge in [-0.1, -0.05) is 6.58 Å². The molecule has 0 radical (unpaired) electrons. The summed E-state index contributed by atoms with van der Waals surface area (Å²) in [6.45, 7) is 3.12. The molecule has 0 bridgehead atoms. The summed E-state index contributed by atoms with van der Waals surface area (Å²) < 4.78 is 37.1. The molecule has 80 valence electrons. The highest BCUT2D eigenvalue weighted by molar-refractivity contribution is 7.90. The SMILES string of the molecule is C=CC(=O)NS(=O)(=O)c1ccc(F)cc1. The van der Waals surface area contributed by atoms with Crippen LogP contribution in [0.5, 0.6) is 0 Å². The first-order chi connectivity index (χ1) is 6.95. The van der Waals surface area contributed by atoms with Crippen molar-refractivity contribution < 1.29 is 17.6 Å². The number of sulfonamides is 1. The maximum atomic E-state index is 12.5. The lowest BCUT2D eigenvalue weighted by Crippen LogP contribution is -2.28. The molecule has 15 heavy (non-hydrogen) atoms. The van der Waals surface area contributed by atoms with Crippen LogP contribution in [0, 0.1) is 5.82 Å². The van der Waals surface area contributed by atoms with Gasteiger partial charge in [-0.2, -0.15) is 0 Å². The van der Waals surface area contributed by atoms with E-state index in [0.717, 1.165) is 30.3 Å². The van der Waals surface area contributed by atoms with E-state index in [-0.39, 0.29) is 4.90 Å². The fourth-order valence-electron chi connectivity index (χ4n) is 0.847. The molecule has 0 saturated heterocycles. The van der Waals surface area contributed by atoms with Crippen LogP contribution in [-0.2, 0) is 14.8 Å². The second-order valence-electron chi connectivity index (χ2n) is 2.63. The summed E-state index contributed by atoms with van der Waals surface area (Å²) in [6.07, 6.45) is 0.834. The Kier molecular flexibility index (Phi) is 3.21. The fraction of sp³-hybridized carbons (Fsp3) is 0. The summed E-state index contributed by atoms with van der Waals surface area (Å²) in [6, 6.07) is 4.11. The number of hydrogen-bond donors (Lipinski definition) is 1. The van der Waals surface area contributed by atoms with E-state index in [4.69, 9.17) is 0 Å². The van der Waals surface area contributed by atoms with Gasteiger partial charge in [0.05, 0.1) is 4.90 Å². The maximum absolute atomic E-state index is 12.5. The smallest absolute Gasteiger partial charge is 0.264 e. The van der Waals surface area contributed by atoms with Crippen LogP contribution in [0.15, 0.2) is 41.8 Å². The van der Waals surface area contributed by atoms with Gasteiger partial charge in [-0.15, -0.1) is 0 Å². The second kappa shape index (κ2) is 4.22. The van der Waals surface area contributed by atoms with E-state index in [9.17, 15) is 17.6 Å². The molecule has 1 aromatic carbocycles. The molecule has 4 nitrogen and oxygen atoms in total. The normalized spacial score (nSPS) is 10.7. The Morgan fingerprint density at radius 1 is 1.33 bits per heavy atom. The van der Waals surface area contributed by atoms with Gasteiger partial charge >= 0.3 is 0 Å². The summed E-state index contributed by atoms with van der Waals surface area (Å²) in [7, 11) is -3.93. The topological polar surface area (TPSA) is 63.2 Å². The molecule has 0 aliphatic heterocycles. The number of benzene rings is 1. The van der Waals surface area contributed by atoms with Crippen LogP contribution in [0.25, 0.3) is 0 Å². The van der Waals surface area contributed by atoms with Crippen LogP contribution in [-0.4, -0.2) is 14.3 Å². The molecule has 0 spiro atoms. The lowest BCUT2D eigenvalue weighted by Gasteiger charge is -2.03. The molecule has 1 amide bonds. The van der Waals surface area contributed by atoms with Crippen molar-refractivity contribution in [1.82, 2.24) is 4.72 Å².